The molecule has 1 fully saturated rings. The van der Waals surface area contributed by atoms with Crippen molar-refractivity contribution < 1.29 is 27.6 Å². The van der Waals surface area contributed by atoms with Crippen molar-refractivity contribution in [3.8, 4) is 0 Å². The summed E-state index contributed by atoms with van der Waals surface area (Å²) in [5.74, 6) is -0.688. The standard InChI is InChI=1S/C20H17ClF3N3O4/c21-15-4-1-13(11-18(15)27(29)30)2-6-19(28)25-16-12-14(20(22,23)24)3-5-17(16)26-7-9-31-10-8-26/h1-6,11-12H,7-10H2,(H,25,28). The molecule has 0 saturated carbocycles. The zero-order valence-electron chi connectivity index (χ0n) is 16.0. The number of anilines is 2. The Kier molecular flexibility index (Phi) is 6.81. The lowest BCUT2D eigenvalue weighted by atomic mass is 10.1. The van der Waals surface area contributed by atoms with Crippen molar-refractivity contribution in [1.82, 2.24) is 0 Å². The third kappa shape index (κ3) is 5.74. The molecule has 31 heavy (non-hydrogen) atoms. The van der Waals surface area contributed by atoms with Crippen LogP contribution in [0.15, 0.2) is 42.5 Å². The topological polar surface area (TPSA) is 84.7 Å². The maximum absolute atomic E-state index is 13.2. The van der Waals surface area contributed by atoms with E-state index in [2.05, 4.69) is 5.32 Å². The van der Waals surface area contributed by atoms with Crippen LogP contribution in [-0.4, -0.2) is 37.1 Å². The SMILES string of the molecule is O=C(C=Cc1ccc(Cl)c([N+](=O)[O-])c1)Nc1cc(C(F)(F)F)ccc1N1CCOCC1. The van der Waals surface area contributed by atoms with Gasteiger partial charge in [0.15, 0.2) is 0 Å². The normalized spacial score (nSPS) is 14.6. The van der Waals surface area contributed by atoms with Crippen LogP contribution < -0.4 is 10.2 Å². The van der Waals surface area contributed by atoms with E-state index in [0.29, 0.717) is 37.6 Å². The lowest BCUT2D eigenvalue weighted by Crippen LogP contribution is -2.36. The molecule has 164 valence electrons. The second-order valence-corrected chi connectivity index (χ2v) is 7.03. The van der Waals surface area contributed by atoms with E-state index >= 15 is 0 Å². The molecule has 2 aromatic rings. The number of benzene rings is 2. The number of nitro benzene ring substituents is 1. The molecule has 3 rings (SSSR count). The Bertz CT molecular complexity index is 1020. The van der Waals surface area contributed by atoms with E-state index in [1.165, 1.54) is 30.3 Å². The number of carbonyl (C=O) groups excluding carboxylic acids is 1. The Morgan fingerprint density at radius 1 is 1.19 bits per heavy atom. The monoisotopic (exact) mass is 455 g/mol. The van der Waals surface area contributed by atoms with Gasteiger partial charge in [0, 0.05) is 25.2 Å². The number of morpholine rings is 1. The fourth-order valence-corrected chi connectivity index (χ4v) is 3.20. The number of amides is 1. The molecule has 1 saturated heterocycles. The van der Waals surface area contributed by atoms with Crippen LogP contribution >= 0.6 is 11.6 Å². The minimum Gasteiger partial charge on any atom is -0.378 e. The minimum atomic E-state index is -4.57. The number of nitrogens with zero attached hydrogens (tertiary/aromatic N) is 2. The van der Waals surface area contributed by atoms with Crippen LogP contribution in [0, 0.1) is 10.1 Å². The fraction of sp³-hybridized carbons (Fsp3) is 0.250. The van der Waals surface area contributed by atoms with Crippen molar-refractivity contribution in [2.75, 3.05) is 36.5 Å². The summed E-state index contributed by atoms with van der Waals surface area (Å²) in [6.45, 7) is 1.78. The highest BCUT2D eigenvalue weighted by molar-refractivity contribution is 6.32. The number of ether oxygens (including phenoxy) is 1. The van der Waals surface area contributed by atoms with Crippen molar-refractivity contribution in [3.05, 3.63) is 68.7 Å². The van der Waals surface area contributed by atoms with Gasteiger partial charge in [-0.15, -0.1) is 0 Å². The van der Waals surface area contributed by atoms with Crippen molar-refractivity contribution in [1.29, 1.82) is 0 Å². The third-order valence-corrected chi connectivity index (χ3v) is 4.85. The number of nitro groups is 1. The number of halogens is 4. The Morgan fingerprint density at radius 2 is 1.90 bits per heavy atom. The molecule has 0 bridgehead atoms. The highest BCUT2D eigenvalue weighted by atomic mass is 35.5. The van der Waals surface area contributed by atoms with Crippen LogP contribution in [0.5, 0.6) is 0 Å². The Labute approximate surface area is 180 Å². The lowest BCUT2D eigenvalue weighted by Gasteiger charge is -2.30. The summed E-state index contributed by atoms with van der Waals surface area (Å²) in [7, 11) is 0. The maximum atomic E-state index is 13.2. The zero-order chi connectivity index (χ0) is 22.6. The maximum Gasteiger partial charge on any atom is 0.416 e. The summed E-state index contributed by atoms with van der Waals surface area (Å²) in [6.07, 6.45) is -2.18. The summed E-state index contributed by atoms with van der Waals surface area (Å²) >= 11 is 5.75. The van der Waals surface area contributed by atoms with Gasteiger partial charge in [-0.3, -0.25) is 14.9 Å². The fourth-order valence-electron chi connectivity index (χ4n) is 3.01. The van der Waals surface area contributed by atoms with E-state index in [0.717, 1.165) is 18.2 Å². The molecule has 11 heteroatoms. The first kappa shape index (κ1) is 22.6. The van der Waals surface area contributed by atoms with Gasteiger partial charge in [-0.1, -0.05) is 17.7 Å². The van der Waals surface area contributed by atoms with Gasteiger partial charge in [-0.2, -0.15) is 13.2 Å². The van der Waals surface area contributed by atoms with Gasteiger partial charge in [-0.05, 0) is 35.9 Å². The minimum absolute atomic E-state index is 0.00783. The molecule has 2 aromatic carbocycles. The van der Waals surface area contributed by atoms with Crippen LogP contribution in [0.25, 0.3) is 6.08 Å². The zero-order valence-corrected chi connectivity index (χ0v) is 16.7. The van der Waals surface area contributed by atoms with Crippen LogP contribution in [-0.2, 0) is 15.7 Å². The molecule has 0 aliphatic carbocycles. The number of hydrogen-bond donors (Lipinski definition) is 1. The average Bonchev–Trinajstić information content (AvgIpc) is 2.73. The molecule has 0 radical (unpaired) electrons. The number of nitrogens with one attached hydrogen (secondary N) is 1. The van der Waals surface area contributed by atoms with Gasteiger partial charge in [0.05, 0.1) is 35.1 Å². The van der Waals surface area contributed by atoms with E-state index in [1.54, 1.807) is 0 Å². The van der Waals surface area contributed by atoms with Gasteiger partial charge in [0.25, 0.3) is 5.69 Å². The first-order valence-electron chi connectivity index (χ1n) is 9.12. The number of hydrogen-bond acceptors (Lipinski definition) is 5. The highest BCUT2D eigenvalue weighted by Crippen LogP contribution is 2.36. The van der Waals surface area contributed by atoms with E-state index in [9.17, 15) is 28.1 Å². The number of alkyl halides is 3. The van der Waals surface area contributed by atoms with E-state index < -0.39 is 22.6 Å². The van der Waals surface area contributed by atoms with Crippen molar-refractivity contribution >= 4 is 40.6 Å². The van der Waals surface area contributed by atoms with Crippen molar-refractivity contribution in [3.63, 3.8) is 0 Å². The quantitative estimate of drug-likeness (QED) is 0.399. The van der Waals surface area contributed by atoms with Crippen LogP contribution in [0.2, 0.25) is 5.02 Å². The van der Waals surface area contributed by atoms with E-state index in [4.69, 9.17) is 16.3 Å². The van der Waals surface area contributed by atoms with Crippen LogP contribution in [0.3, 0.4) is 0 Å². The largest absolute Gasteiger partial charge is 0.416 e. The van der Waals surface area contributed by atoms with Gasteiger partial charge in [0.1, 0.15) is 5.02 Å². The number of carbonyl (C=O) groups is 1. The molecular formula is C20H17ClF3N3O4. The third-order valence-electron chi connectivity index (χ3n) is 4.53. The predicted molar refractivity (Wildman–Crippen MR) is 110 cm³/mol. The second kappa shape index (κ2) is 9.36. The summed E-state index contributed by atoms with van der Waals surface area (Å²) in [5, 5.41) is 13.4. The first-order valence-corrected chi connectivity index (χ1v) is 9.50. The number of rotatable bonds is 5. The smallest absolute Gasteiger partial charge is 0.378 e. The van der Waals surface area contributed by atoms with Gasteiger partial charge < -0.3 is 15.0 Å². The molecule has 1 N–H and O–H groups in total. The molecule has 1 aliphatic rings. The Morgan fingerprint density at radius 3 is 2.55 bits per heavy atom. The molecule has 0 unspecified atom stereocenters. The Hall–Kier alpha value is -3.11. The van der Waals surface area contributed by atoms with Crippen LogP contribution in [0.1, 0.15) is 11.1 Å². The van der Waals surface area contributed by atoms with Crippen molar-refractivity contribution in [2.45, 2.75) is 6.18 Å². The molecule has 0 atom stereocenters. The van der Waals surface area contributed by atoms with E-state index in [1.807, 2.05) is 4.90 Å². The summed E-state index contributed by atoms with van der Waals surface area (Å²) < 4.78 is 44.7. The lowest BCUT2D eigenvalue weighted by molar-refractivity contribution is -0.384. The molecule has 7 nitrogen and oxygen atoms in total. The molecular weight excluding hydrogens is 439 g/mol. The summed E-state index contributed by atoms with van der Waals surface area (Å²) in [6, 6.07) is 7.14. The summed E-state index contributed by atoms with van der Waals surface area (Å²) in [5.41, 5.74) is -0.425. The van der Waals surface area contributed by atoms with Crippen LogP contribution in [0.4, 0.5) is 30.2 Å². The molecule has 0 spiro atoms. The molecule has 1 aliphatic heterocycles. The van der Waals surface area contributed by atoms with Gasteiger partial charge in [0.2, 0.25) is 5.91 Å². The Balaban J connectivity index is 1.84. The first-order chi connectivity index (χ1) is 14.6. The molecule has 1 amide bonds. The second-order valence-electron chi connectivity index (χ2n) is 6.62. The van der Waals surface area contributed by atoms with Gasteiger partial charge in [-0.25, -0.2) is 0 Å². The van der Waals surface area contributed by atoms with Crippen molar-refractivity contribution in [2.24, 2.45) is 0 Å². The van der Waals surface area contributed by atoms with Gasteiger partial charge >= 0.3 is 6.18 Å². The predicted octanol–water partition coefficient (Wildman–Crippen LogP) is 4.76. The highest BCUT2D eigenvalue weighted by Gasteiger charge is 2.31. The average molecular weight is 456 g/mol. The molecule has 0 aromatic heterocycles. The summed E-state index contributed by atoms with van der Waals surface area (Å²) in [4.78, 5) is 24.5. The van der Waals surface area contributed by atoms with E-state index in [-0.39, 0.29) is 16.4 Å². The molecule has 1 heterocycles.